The molecule has 26 heavy (non-hydrogen) atoms. The highest BCUT2D eigenvalue weighted by molar-refractivity contribution is 6.03. The molecule has 0 radical (unpaired) electrons. The summed E-state index contributed by atoms with van der Waals surface area (Å²) in [5.74, 6) is 0.685. The van der Waals surface area contributed by atoms with E-state index in [-0.39, 0.29) is 0 Å². The molecule has 0 saturated carbocycles. The summed E-state index contributed by atoms with van der Waals surface area (Å²) in [7, 11) is 0. The number of nitrogens with zero attached hydrogens (tertiary/aromatic N) is 3. The van der Waals surface area contributed by atoms with E-state index >= 15 is 0 Å². The minimum absolute atomic E-state index is 0.685. The number of hydrogen-bond acceptors (Lipinski definition) is 3. The molecule has 0 unspecified atom stereocenters. The fraction of sp³-hybridized carbons (Fsp3) is 0.227. The molecular formula is C22H24N4. The average Bonchev–Trinajstić information content (AvgIpc) is 3.00. The first kappa shape index (κ1) is 16.5. The number of nitrogens with two attached hydrogens (primary N) is 1. The molecule has 4 aromatic rings. The van der Waals surface area contributed by atoms with Crippen molar-refractivity contribution in [3.8, 4) is 11.3 Å². The van der Waals surface area contributed by atoms with Crippen LogP contribution in [0.2, 0.25) is 0 Å². The van der Waals surface area contributed by atoms with Crippen molar-refractivity contribution in [3.05, 3.63) is 60.3 Å². The molecule has 0 aliphatic heterocycles. The lowest BCUT2D eigenvalue weighted by Gasteiger charge is -2.22. The van der Waals surface area contributed by atoms with Gasteiger partial charge in [-0.05, 0) is 38.5 Å². The highest BCUT2D eigenvalue weighted by Gasteiger charge is 2.16. The summed E-state index contributed by atoms with van der Waals surface area (Å²) in [4.78, 5) is 7.31. The molecule has 4 nitrogen and oxygen atoms in total. The van der Waals surface area contributed by atoms with Gasteiger partial charge in [0.1, 0.15) is 17.2 Å². The van der Waals surface area contributed by atoms with E-state index < -0.39 is 0 Å². The van der Waals surface area contributed by atoms with Gasteiger partial charge in [0.25, 0.3) is 0 Å². The van der Waals surface area contributed by atoms with Crippen LogP contribution in [0.4, 0.5) is 11.5 Å². The molecule has 0 amide bonds. The maximum absolute atomic E-state index is 6.47. The Morgan fingerprint density at radius 3 is 2.46 bits per heavy atom. The summed E-state index contributed by atoms with van der Waals surface area (Å²) in [5, 5.41) is 2.34. The quantitative estimate of drug-likeness (QED) is 0.573. The molecule has 0 fully saturated rings. The van der Waals surface area contributed by atoms with Gasteiger partial charge in [-0.1, -0.05) is 36.4 Å². The topological polar surface area (TPSA) is 46.6 Å². The number of hydrogen-bond donors (Lipinski definition) is 1. The Balaban J connectivity index is 2.01. The Kier molecular flexibility index (Phi) is 4.03. The Morgan fingerprint density at radius 2 is 1.73 bits per heavy atom. The predicted molar refractivity (Wildman–Crippen MR) is 111 cm³/mol. The minimum Gasteiger partial charge on any atom is -0.383 e. The molecule has 0 spiro atoms. The molecule has 0 aliphatic carbocycles. The number of aromatic nitrogens is 2. The number of imidazole rings is 1. The van der Waals surface area contributed by atoms with Crippen molar-refractivity contribution in [2.24, 2.45) is 0 Å². The van der Waals surface area contributed by atoms with Crippen molar-refractivity contribution in [3.63, 3.8) is 0 Å². The van der Waals surface area contributed by atoms with Crippen LogP contribution in [0.25, 0.3) is 27.7 Å². The summed E-state index contributed by atoms with van der Waals surface area (Å²) in [6.45, 7) is 8.42. The monoisotopic (exact) mass is 344 g/mol. The van der Waals surface area contributed by atoms with Crippen molar-refractivity contribution in [2.45, 2.75) is 20.8 Å². The van der Waals surface area contributed by atoms with Gasteiger partial charge < -0.3 is 10.6 Å². The van der Waals surface area contributed by atoms with Crippen molar-refractivity contribution in [1.29, 1.82) is 0 Å². The van der Waals surface area contributed by atoms with Crippen molar-refractivity contribution < 1.29 is 0 Å². The third-order valence-corrected chi connectivity index (χ3v) is 5.17. The van der Waals surface area contributed by atoms with E-state index in [0.717, 1.165) is 35.4 Å². The van der Waals surface area contributed by atoms with Crippen LogP contribution in [0.5, 0.6) is 0 Å². The molecular weight excluding hydrogens is 320 g/mol. The second kappa shape index (κ2) is 6.37. The highest BCUT2D eigenvalue weighted by atomic mass is 15.1. The molecule has 4 heteroatoms. The van der Waals surface area contributed by atoms with E-state index in [1.54, 1.807) is 0 Å². The molecule has 2 N–H and O–H groups in total. The van der Waals surface area contributed by atoms with E-state index in [4.69, 9.17) is 10.7 Å². The molecule has 0 bridgehead atoms. The Labute approximate surface area is 153 Å². The number of anilines is 2. The Hall–Kier alpha value is -3.01. The largest absolute Gasteiger partial charge is 0.383 e. The number of pyridine rings is 1. The lowest BCUT2D eigenvalue weighted by molar-refractivity contribution is 0.870. The third-order valence-electron chi connectivity index (χ3n) is 5.17. The molecule has 0 aliphatic rings. The summed E-state index contributed by atoms with van der Waals surface area (Å²) in [5.41, 5.74) is 11.7. The van der Waals surface area contributed by atoms with E-state index in [9.17, 15) is 0 Å². The van der Waals surface area contributed by atoms with Gasteiger partial charge >= 0.3 is 0 Å². The molecule has 0 atom stereocenters. The maximum Gasteiger partial charge on any atom is 0.147 e. The molecule has 132 valence electrons. The van der Waals surface area contributed by atoms with Gasteiger partial charge in [0.05, 0.1) is 0 Å². The average molecular weight is 344 g/mol. The smallest absolute Gasteiger partial charge is 0.147 e. The molecule has 2 aromatic heterocycles. The lowest BCUT2D eigenvalue weighted by atomic mass is 10.1. The van der Waals surface area contributed by atoms with Gasteiger partial charge in [0, 0.05) is 41.3 Å². The number of rotatable bonds is 4. The van der Waals surface area contributed by atoms with Crippen molar-refractivity contribution in [2.75, 3.05) is 23.7 Å². The second-order valence-electron chi connectivity index (χ2n) is 6.58. The van der Waals surface area contributed by atoms with Crippen LogP contribution >= 0.6 is 0 Å². The summed E-state index contributed by atoms with van der Waals surface area (Å²) in [6.07, 6.45) is 2.04. The van der Waals surface area contributed by atoms with Gasteiger partial charge in [-0.25, -0.2) is 4.98 Å². The Morgan fingerprint density at radius 1 is 0.962 bits per heavy atom. The lowest BCUT2D eigenvalue weighted by Crippen LogP contribution is -2.21. The summed E-state index contributed by atoms with van der Waals surface area (Å²) in [6, 6.07) is 16.8. The number of aryl methyl sites for hydroxylation is 1. The normalized spacial score (nSPS) is 11.3. The highest BCUT2D eigenvalue weighted by Crippen LogP contribution is 2.34. The number of nitrogen functional groups attached to an aromatic ring is 1. The first-order valence-electron chi connectivity index (χ1n) is 9.15. The van der Waals surface area contributed by atoms with Crippen LogP contribution in [0.1, 0.15) is 19.4 Å². The van der Waals surface area contributed by atoms with Crippen LogP contribution in [-0.2, 0) is 0 Å². The molecule has 0 saturated heterocycles. The standard InChI is InChI=1S/C22H24N4/c1-4-25(5-2)19-12-8-11-18-17(19)13-14-26-21(23)20(24-22(18)26)16-10-7-6-9-15(16)3/h6-14H,4-5,23H2,1-3H3. The van der Waals surface area contributed by atoms with Crippen LogP contribution < -0.4 is 10.6 Å². The van der Waals surface area contributed by atoms with Crippen molar-refractivity contribution >= 4 is 27.9 Å². The number of benzene rings is 2. The SMILES string of the molecule is CCN(CC)c1cccc2c1ccn1c(N)c(-c3ccccc3C)nc21. The van der Waals surface area contributed by atoms with E-state index in [1.807, 2.05) is 22.7 Å². The fourth-order valence-corrected chi connectivity index (χ4v) is 3.74. The zero-order valence-electron chi connectivity index (χ0n) is 15.5. The van der Waals surface area contributed by atoms with Crippen LogP contribution in [0.15, 0.2) is 54.7 Å². The minimum atomic E-state index is 0.685. The first-order valence-corrected chi connectivity index (χ1v) is 9.15. The molecule has 4 rings (SSSR count). The number of fused-ring (bicyclic) bond motifs is 3. The summed E-state index contributed by atoms with van der Waals surface area (Å²) < 4.78 is 2.00. The second-order valence-corrected chi connectivity index (χ2v) is 6.58. The third kappa shape index (κ3) is 2.41. The van der Waals surface area contributed by atoms with E-state index in [0.29, 0.717) is 5.82 Å². The van der Waals surface area contributed by atoms with Gasteiger partial charge in [-0.2, -0.15) is 0 Å². The molecule has 2 heterocycles. The van der Waals surface area contributed by atoms with Gasteiger partial charge in [0.2, 0.25) is 0 Å². The maximum atomic E-state index is 6.47. The van der Waals surface area contributed by atoms with Crippen molar-refractivity contribution in [1.82, 2.24) is 9.38 Å². The van der Waals surface area contributed by atoms with Gasteiger partial charge in [0.15, 0.2) is 0 Å². The van der Waals surface area contributed by atoms with Crippen LogP contribution in [0.3, 0.4) is 0 Å². The summed E-state index contributed by atoms with van der Waals surface area (Å²) >= 11 is 0. The van der Waals surface area contributed by atoms with Crippen LogP contribution in [-0.4, -0.2) is 22.5 Å². The fourth-order valence-electron chi connectivity index (χ4n) is 3.74. The van der Waals surface area contributed by atoms with Crippen LogP contribution in [0, 0.1) is 6.92 Å². The first-order chi connectivity index (χ1) is 12.7. The zero-order chi connectivity index (χ0) is 18.3. The van der Waals surface area contributed by atoms with Gasteiger partial charge in [-0.15, -0.1) is 0 Å². The molecule has 2 aromatic carbocycles. The van der Waals surface area contributed by atoms with E-state index in [1.165, 1.54) is 16.6 Å². The van der Waals surface area contributed by atoms with Gasteiger partial charge in [-0.3, -0.25) is 4.40 Å². The Bertz CT molecular complexity index is 1090. The van der Waals surface area contributed by atoms with E-state index in [2.05, 4.69) is 62.1 Å². The zero-order valence-corrected chi connectivity index (χ0v) is 15.5. The predicted octanol–water partition coefficient (Wildman–Crippen LogP) is 4.89.